The largest absolute Gasteiger partial charge is 0.493 e. The van der Waals surface area contributed by atoms with Crippen LogP contribution >= 0.6 is 15.9 Å². The summed E-state index contributed by atoms with van der Waals surface area (Å²) in [5.41, 5.74) is 11.8. The van der Waals surface area contributed by atoms with E-state index in [-0.39, 0.29) is 0 Å². The van der Waals surface area contributed by atoms with Gasteiger partial charge in [-0.25, -0.2) is 0 Å². The van der Waals surface area contributed by atoms with E-state index in [0.717, 1.165) is 59.3 Å². The summed E-state index contributed by atoms with van der Waals surface area (Å²) < 4.78 is 7.23. The molecule has 4 heteroatoms. The Hall–Kier alpha value is -3.11. The molecule has 3 rings (SSSR count). The van der Waals surface area contributed by atoms with Crippen molar-refractivity contribution in [2.45, 2.75) is 115 Å². The van der Waals surface area contributed by atoms with Crippen LogP contribution in [0.25, 0.3) is 16.7 Å². The highest BCUT2D eigenvalue weighted by molar-refractivity contribution is 9.10. The summed E-state index contributed by atoms with van der Waals surface area (Å²) in [5, 5.41) is 3.54. The number of halogens is 1. The normalized spacial score (nSPS) is 11.7. The van der Waals surface area contributed by atoms with Crippen molar-refractivity contribution < 1.29 is 4.74 Å². The molecule has 252 valence electrons. The summed E-state index contributed by atoms with van der Waals surface area (Å²) in [6, 6.07) is 17.5. The lowest BCUT2D eigenvalue weighted by molar-refractivity contribution is 0.279. The minimum absolute atomic E-state index is 0.716. The van der Waals surface area contributed by atoms with Crippen molar-refractivity contribution in [1.29, 1.82) is 0 Å². The fourth-order valence-electron chi connectivity index (χ4n) is 4.72. The van der Waals surface area contributed by atoms with Gasteiger partial charge in [-0.3, -0.25) is 4.99 Å². The van der Waals surface area contributed by atoms with Crippen LogP contribution in [0.15, 0.2) is 76.3 Å². The van der Waals surface area contributed by atoms with Crippen molar-refractivity contribution in [2.24, 2.45) is 10.9 Å². The quantitative estimate of drug-likeness (QED) is 0.181. The van der Waals surface area contributed by atoms with Crippen LogP contribution in [0.5, 0.6) is 5.75 Å². The van der Waals surface area contributed by atoms with Crippen LogP contribution in [0.3, 0.4) is 0 Å². The highest BCUT2D eigenvalue weighted by Crippen LogP contribution is 2.32. The average molecular weight is 690 g/mol. The fraction of sp³-hybridized carbons (Fsp3) is 0.452. The first-order chi connectivity index (χ1) is 22.0. The average Bonchev–Trinajstić information content (AvgIpc) is 3.03. The highest BCUT2D eigenvalue weighted by Gasteiger charge is 2.09. The van der Waals surface area contributed by atoms with Crippen LogP contribution in [0.4, 0.5) is 11.4 Å². The van der Waals surface area contributed by atoms with Crippen molar-refractivity contribution in [1.82, 2.24) is 0 Å². The van der Waals surface area contributed by atoms with Gasteiger partial charge in [0.15, 0.2) is 0 Å². The van der Waals surface area contributed by atoms with E-state index < -0.39 is 0 Å². The molecule has 0 aliphatic rings. The smallest absolute Gasteiger partial charge is 0.122 e. The zero-order valence-electron chi connectivity index (χ0n) is 30.7. The molecule has 0 saturated carbocycles. The van der Waals surface area contributed by atoms with Gasteiger partial charge in [0, 0.05) is 27.6 Å². The number of benzene rings is 3. The number of aliphatic imine (C=N–C) groups is 1. The molecule has 0 amide bonds. The second-order valence-electron chi connectivity index (χ2n) is 12.0. The zero-order chi connectivity index (χ0) is 34.6. The summed E-state index contributed by atoms with van der Waals surface area (Å²) in [6.45, 7) is 28.2. The van der Waals surface area contributed by atoms with Crippen LogP contribution in [-0.2, 0) is 12.8 Å². The van der Waals surface area contributed by atoms with Gasteiger partial charge in [0.25, 0.3) is 0 Å². The number of allylic oxidation sites excluding steroid dienone is 3. The maximum Gasteiger partial charge on any atom is 0.122 e. The summed E-state index contributed by atoms with van der Waals surface area (Å²) in [4.78, 5) is 4.37. The minimum Gasteiger partial charge on any atom is -0.493 e. The molecule has 46 heavy (non-hydrogen) atoms. The number of hydrogen-bond acceptors (Lipinski definition) is 3. The van der Waals surface area contributed by atoms with Gasteiger partial charge in [-0.15, -0.1) is 0 Å². The molecule has 0 spiro atoms. The molecule has 1 unspecified atom stereocenters. The maximum absolute atomic E-state index is 6.09. The van der Waals surface area contributed by atoms with Crippen LogP contribution < -0.4 is 10.1 Å². The Morgan fingerprint density at radius 3 is 2.13 bits per heavy atom. The van der Waals surface area contributed by atoms with Crippen LogP contribution in [0.2, 0.25) is 0 Å². The number of ether oxygens (including phenoxy) is 1. The molecular formula is C42H61BrN2O. The SMILES string of the molecule is C=C(C)c1cc(Br)c(CC)cc1N=CC.CC/C=C(/C)Nc1cc(-c2ccc(OCCC(C)CC)c(CC)c2)ccc1C.CCC. The molecular weight excluding hydrogens is 628 g/mol. The lowest BCUT2D eigenvalue weighted by Crippen LogP contribution is -2.04. The molecule has 0 aromatic heterocycles. The monoisotopic (exact) mass is 688 g/mol. The van der Waals surface area contributed by atoms with Crippen molar-refractivity contribution in [3.8, 4) is 16.9 Å². The molecule has 0 fully saturated rings. The first-order valence-electron chi connectivity index (χ1n) is 17.3. The molecule has 0 bridgehead atoms. The third-order valence-corrected chi connectivity index (χ3v) is 8.43. The number of anilines is 1. The minimum atomic E-state index is 0.716. The molecule has 0 saturated heterocycles. The Balaban J connectivity index is 0.000000493. The van der Waals surface area contributed by atoms with Gasteiger partial charge < -0.3 is 10.1 Å². The van der Waals surface area contributed by atoms with Crippen molar-refractivity contribution in [3.63, 3.8) is 0 Å². The summed E-state index contributed by atoms with van der Waals surface area (Å²) in [5.74, 6) is 1.75. The first-order valence-corrected chi connectivity index (χ1v) is 18.1. The second-order valence-corrected chi connectivity index (χ2v) is 12.8. The van der Waals surface area contributed by atoms with Crippen molar-refractivity contribution in [3.05, 3.63) is 93.6 Å². The van der Waals surface area contributed by atoms with E-state index in [1.807, 2.05) is 20.1 Å². The van der Waals surface area contributed by atoms with Gasteiger partial charge in [-0.05, 0) is 123 Å². The summed E-state index contributed by atoms with van der Waals surface area (Å²) in [7, 11) is 0. The highest BCUT2D eigenvalue weighted by atomic mass is 79.9. The van der Waals surface area contributed by atoms with Crippen molar-refractivity contribution in [2.75, 3.05) is 11.9 Å². The number of rotatable bonds is 13. The molecule has 0 radical (unpaired) electrons. The lowest BCUT2D eigenvalue weighted by atomic mass is 9.99. The van der Waals surface area contributed by atoms with Gasteiger partial charge in [0.05, 0.1) is 12.3 Å². The molecule has 3 aromatic rings. The van der Waals surface area contributed by atoms with Gasteiger partial charge >= 0.3 is 0 Å². The van der Waals surface area contributed by atoms with Gasteiger partial charge in [-0.2, -0.15) is 0 Å². The molecule has 3 aromatic carbocycles. The van der Waals surface area contributed by atoms with E-state index in [4.69, 9.17) is 4.74 Å². The number of aryl methyl sites for hydroxylation is 3. The Kier molecular flexibility index (Phi) is 19.9. The Bertz CT molecular complexity index is 1420. The Morgan fingerprint density at radius 1 is 0.935 bits per heavy atom. The van der Waals surface area contributed by atoms with E-state index in [0.29, 0.717) is 5.92 Å². The molecule has 1 N–H and O–H groups in total. The summed E-state index contributed by atoms with van der Waals surface area (Å²) >= 11 is 3.57. The number of nitrogens with zero attached hydrogens (tertiary/aromatic N) is 1. The van der Waals surface area contributed by atoms with Gasteiger partial charge in [0.2, 0.25) is 0 Å². The number of hydrogen-bond donors (Lipinski definition) is 1. The third-order valence-electron chi connectivity index (χ3n) is 7.69. The fourth-order valence-corrected chi connectivity index (χ4v) is 5.34. The van der Waals surface area contributed by atoms with Crippen LogP contribution in [-0.4, -0.2) is 12.8 Å². The predicted molar refractivity (Wildman–Crippen MR) is 211 cm³/mol. The van der Waals surface area contributed by atoms with E-state index in [9.17, 15) is 0 Å². The van der Waals surface area contributed by atoms with Gasteiger partial charge in [0.1, 0.15) is 5.75 Å². The molecule has 0 aliphatic carbocycles. The Morgan fingerprint density at radius 2 is 1.57 bits per heavy atom. The number of nitrogens with one attached hydrogen (secondary N) is 1. The first kappa shape index (κ1) is 40.9. The van der Waals surface area contributed by atoms with Crippen molar-refractivity contribution >= 4 is 39.1 Å². The molecule has 1 atom stereocenters. The second kappa shape index (κ2) is 22.4. The molecule has 0 aliphatic heterocycles. The maximum atomic E-state index is 6.09. The van der Waals surface area contributed by atoms with E-state index in [2.05, 4.69) is 150 Å². The predicted octanol–water partition coefficient (Wildman–Crippen LogP) is 13.9. The zero-order valence-corrected chi connectivity index (χ0v) is 32.3. The van der Waals surface area contributed by atoms with E-state index in [1.165, 1.54) is 52.0 Å². The van der Waals surface area contributed by atoms with Crippen LogP contribution in [0.1, 0.15) is 117 Å². The molecule has 3 nitrogen and oxygen atoms in total. The van der Waals surface area contributed by atoms with Crippen LogP contribution in [0, 0.1) is 12.8 Å². The summed E-state index contributed by atoms with van der Waals surface area (Å²) in [6.07, 6.45) is 10.6. The van der Waals surface area contributed by atoms with E-state index >= 15 is 0 Å². The van der Waals surface area contributed by atoms with Gasteiger partial charge in [-0.1, -0.05) is 108 Å². The Labute approximate surface area is 290 Å². The molecule has 0 heterocycles. The van der Waals surface area contributed by atoms with E-state index in [1.54, 1.807) is 0 Å². The topological polar surface area (TPSA) is 33.6 Å². The lowest BCUT2D eigenvalue weighted by Gasteiger charge is -2.15. The third kappa shape index (κ3) is 13.7. The standard InChI is InChI=1S/C26H37NO.C13H16BrN.C3H8/c1-7-10-21(6)27-25-18-24(12-11-20(25)5)23-13-14-26(22(9-3)17-23)28-16-15-19(4)8-2;1-5-10-7-13(15-6-2)11(9(3)4)8-12(10)14;1-3-2/h10-14,17-19,27H,7-9,15-16H2,1-6H3;6-8H,3,5H2,1-2,4H3;3H2,1-2H3/b21-10-;;.